The molecule has 0 bridgehead atoms. The van der Waals surface area contributed by atoms with Crippen LogP contribution in [-0.2, 0) is 12.7 Å². The van der Waals surface area contributed by atoms with Gasteiger partial charge in [-0.3, -0.25) is 29.9 Å². The summed E-state index contributed by atoms with van der Waals surface area (Å²) in [4.78, 5) is 41.6. The molecule has 10 nitrogen and oxygen atoms in total. The van der Waals surface area contributed by atoms with Crippen LogP contribution in [0.5, 0.6) is 0 Å². The summed E-state index contributed by atoms with van der Waals surface area (Å²) in [5, 5.41) is 22.2. The second kappa shape index (κ2) is 9.03. The van der Waals surface area contributed by atoms with Gasteiger partial charge in [-0.1, -0.05) is 23.5 Å². The Kier molecular flexibility index (Phi) is 6.10. The van der Waals surface area contributed by atoms with Crippen molar-refractivity contribution in [3.05, 3.63) is 78.1 Å². The van der Waals surface area contributed by atoms with E-state index in [1.54, 1.807) is 12.1 Å². The molecule has 1 spiro atoms. The van der Waals surface area contributed by atoms with Gasteiger partial charge in [-0.25, -0.2) is 0 Å². The Morgan fingerprint density at radius 2 is 1.68 bits per heavy atom. The second-order valence-corrected chi connectivity index (χ2v) is 10.5. The lowest BCUT2D eigenvalue weighted by atomic mass is 9.72. The topological polar surface area (TPSA) is 123 Å². The largest absolute Gasteiger partial charge is 0.416 e. The fraction of sp³-hybridized carbons (Fsp3) is 0.391. The van der Waals surface area contributed by atoms with Gasteiger partial charge >= 0.3 is 6.18 Å². The minimum atomic E-state index is -4.83. The number of rotatable bonds is 5. The summed E-state index contributed by atoms with van der Waals surface area (Å²) in [6.45, 7) is 3.51. The van der Waals surface area contributed by atoms with E-state index in [0.717, 1.165) is 42.8 Å². The molecule has 37 heavy (non-hydrogen) atoms. The van der Waals surface area contributed by atoms with E-state index < -0.39 is 38.2 Å². The fourth-order valence-corrected chi connectivity index (χ4v) is 6.02. The number of hydrogen-bond donors (Lipinski definition) is 0. The highest BCUT2D eigenvalue weighted by molar-refractivity contribution is 7.22. The van der Waals surface area contributed by atoms with Gasteiger partial charge in [0.05, 0.1) is 20.8 Å². The van der Waals surface area contributed by atoms with Crippen LogP contribution in [0.2, 0.25) is 0 Å². The van der Waals surface area contributed by atoms with Crippen molar-refractivity contribution in [2.75, 3.05) is 31.1 Å². The van der Waals surface area contributed by atoms with Crippen LogP contribution >= 0.6 is 11.3 Å². The zero-order chi connectivity index (χ0) is 26.5. The molecular formula is C23H20F3N5O5S. The van der Waals surface area contributed by atoms with E-state index in [1.807, 2.05) is 4.90 Å². The van der Waals surface area contributed by atoms with E-state index in [-0.39, 0.29) is 20.9 Å². The van der Waals surface area contributed by atoms with Crippen molar-refractivity contribution >= 4 is 37.9 Å². The number of piperidine rings is 1. The van der Waals surface area contributed by atoms with Crippen LogP contribution in [0.15, 0.2) is 41.2 Å². The average molecular weight is 536 g/mol. The Morgan fingerprint density at radius 1 is 1.03 bits per heavy atom. The lowest BCUT2D eigenvalue weighted by molar-refractivity contribution is -0.384. The number of non-ortho nitro benzene ring substituents is 2. The highest BCUT2D eigenvalue weighted by Crippen LogP contribution is 2.45. The average Bonchev–Trinajstić information content (AvgIpc) is 2.82. The molecule has 0 amide bonds. The smallest absolute Gasteiger partial charge is 0.347 e. The van der Waals surface area contributed by atoms with E-state index in [4.69, 9.17) is 0 Å². The zero-order valence-electron chi connectivity index (χ0n) is 19.2. The first-order valence-corrected chi connectivity index (χ1v) is 12.2. The Morgan fingerprint density at radius 3 is 2.24 bits per heavy atom. The maximum Gasteiger partial charge on any atom is 0.416 e. The predicted octanol–water partition coefficient (Wildman–Crippen LogP) is 4.59. The number of anilines is 1. The molecule has 194 valence electrons. The van der Waals surface area contributed by atoms with Crippen LogP contribution in [0.3, 0.4) is 0 Å². The SMILES string of the molecule is O=c1nc(N2CC3(CCN(Cc4ccc([N+](=O)[O-])cc4)CC3)C2)sc2c([N+](=O)[O-])cc(C(F)(F)F)cc12. The number of halogens is 3. The van der Waals surface area contributed by atoms with Gasteiger partial charge in [-0.2, -0.15) is 18.2 Å². The molecule has 3 heterocycles. The maximum absolute atomic E-state index is 13.2. The number of hydrogen-bond acceptors (Lipinski definition) is 9. The molecule has 3 aromatic rings. The summed E-state index contributed by atoms with van der Waals surface area (Å²) in [5.41, 5.74) is -1.90. The third-order valence-electron chi connectivity index (χ3n) is 7.01. The van der Waals surface area contributed by atoms with Gasteiger partial charge in [0.25, 0.3) is 16.9 Å². The highest BCUT2D eigenvalue weighted by Gasteiger charge is 2.46. The van der Waals surface area contributed by atoms with Gasteiger partial charge in [0.2, 0.25) is 0 Å². The maximum atomic E-state index is 13.2. The van der Waals surface area contributed by atoms with Crippen molar-refractivity contribution in [1.82, 2.24) is 9.88 Å². The monoisotopic (exact) mass is 535 g/mol. The van der Waals surface area contributed by atoms with Gasteiger partial charge < -0.3 is 4.90 Å². The Bertz CT molecular complexity index is 1440. The predicted molar refractivity (Wildman–Crippen MR) is 130 cm³/mol. The Hall–Kier alpha value is -3.65. The summed E-state index contributed by atoms with van der Waals surface area (Å²) in [7, 11) is 0. The summed E-state index contributed by atoms with van der Waals surface area (Å²) in [6.07, 6.45) is -3.06. The number of likely N-dealkylation sites (tertiary alicyclic amines) is 1. The van der Waals surface area contributed by atoms with Crippen LogP contribution in [0.1, 0.15) is 24.0 Å². The zero-order valence-corrected chi connectivity index (χ0v) is 20.0. The van der Waals surface area contributed by atoms with E-state index in [9.17, 15) is 38.2 Å². The number of aromatic nitrogens is 1. The quantitative estimate of drug-likeness (QED) is 0.343. The van der Waals surface area contributed by atoms with Crippen molar-refractivity contribution in [2.45, 2.75) is 25.6 Å². The van der Waals surface area contributed by atoms with Crippen molar-refractivity contribution < 1.29 is 23.0 Å². The molecule has 0 aliphatic carbocycles. The first-order valence-electron chi connectivity index (χ1n) is 11.4. The Labute approximate surface area is 211 Å². The van der Waals surface area contributed by atoms with Crippen LogP contribution in [0.25, 0.3) is 10.1 Å². The van der Waals surface area contributed by atoms with Gasteiger partial charge in [0.1, 0.15) is 4.70 Å². The van der Waals surface area contributed by atoms with Gasteiger partial charge in [-0.05, 0) is 37.6 Å². The van der Waals surface area contributed by atoms with Crippen molar-refractivity contribution in [1.29, 1.82) is 0 Å². The fourth-order valence-electron chi connectivity index (χ4n) is 4.96. The summed E-state index contributed by atoms with van der Waals surface area (Å²) in [5.74, 6) is 0. The van der Waals surface area contributed by atoms with E-state index >= 15 is 0 Å². The lowest BCUT2D eigenvalue weighted by Crippen LogP contribution is -2.60. The molecule has 0 N–H and O–H groups in total. The molecule has 2 aromatic carbocycles. The molecule has 5 rings (SSSR count). The van der Waals surface area contributed by atoms with E-state index in [0.29, 0.717) is 31.8 Å². The number of nitro groups is 2. The molecule has 0 atom stereocenters. The number of fused-ring (bicyclic) bond motifs is 1. The molecule has 0 saturated carbocycles. The van der Waals surface area contributed by atoms with E-state index in [1.165, 1.54) is 12.1 Å². The van der Waals surface area contributed by atoms with Gasteiger partial charge in [-0.15, -0.1) is 0 Å². The highest BCUT2D eigenvalue weighted by atomic mass is 32.1. The van der Waals surface area contributed by atoms with Crippen LogP contribution in [-0.4, -0.2) is 45.9 Å². The summed E-state index contributed by atoms with van der Waals surface area (Å²) in [6, 6.07) is 7.55. The number of nitrogens with zero attached hydrogens (tertiary/aromatic N) is 5. The summed E-state index contributed by atoms with van der Waals surface area (Å²) < 4.78 is 39.4. The third kappa shape index (κ3) is 4.85. The molecule has 2 saturated heterocycles. The molecular weight excluding hydrogens is 515 g/mol. The van der Waals surface area contributed by atoms with Crippen molar-refractivity contribution in [3.63, 3.8) is 0 Å². The van der Waals surface area contributed by atoms with Crippen molar-refractivity contribution in [3.8, 4) is 0 Å². The van der Waals surface area contributed by atoms with Crippen molar-refractivity contribution in [2.24, 2.45) is 5.41 Å². The number of benzene rings is 2. The molecule has 1 aromatic heterocycles. The number of alkyl halides is 3. The minimum Gasteiger partial charge on any atom is -0.347 e. The minimum absolute atomic E-state index is 0.00442. The van der Waals surface area contributed by atoms with Crippen LogP contribution in [0.4, 0.5) is 29.7 Å². The van der Waals surface area contributed by atoms with E-state index in [2.05, 4.69) is 9.88 Å². The molecule has 0 unspecified atom stereocenters. The number of nitro benzene ring substituents is 2. The first kappa shape index (κ1) is 25.0. The summed E-state index contributed by atoms with van der Waals surface area (Å²) >= 11 is 0.859. The molecule has 14 heteroatoms. The molecule has 2 aliphatic rings. The van der Waals surface area contributed by atoms with Crippen LogP contribution in [0, 0.1) is 25.6 Å². The normalized spacial score (nSPS) is 17.6. The standard InChI is InChI=1S/C23H20F3N5O5S/c24-23(25,26)15-9-17-19(18(10-15)31(35)36)37-21(27-20(17)32)29-12-22(13-29)5-7-28(8-6-22)11-14-1-3-16(4-2-14)30(33)34/h1-4,9-10H,5-8,11-13H2. The molecule has 2 fully saturated rings. The third-order valence-corrected chi connectivity index (χ3v) is 8.17. The van der Waals surface area contributed by atoms with Crippen LogP contribution < -0.4 is 10.5 Å². The Balaban J connectivity index is 1.28. The van der Waals surface area contributed by atoms with Gasteiger partial charge in [0.15, 0.2) is 5.13 Å². The molecule has 0 radical (unpaired) electrons. The lowest BCUT2D eigenvalue weighted by Gasteiger charge is -2.54. The molecule has 2 aliphatic heterocycles. The first-order chi connectivity index (χ1) is 17.4. The van der Waals surface area contributed by atoms with Gasteiger partial charge in [0, 0.05) is 43.2 Å². The second-order valence-electron chi connectivity index (χ2n) is 9.48.